The normalized spacial score (nSPS) is 28.1. The number of aromatic nitrogens is 2. The highest BCUT2D eigenvalue weighted by Crippen LogP contribution is 2.26. The van der Waals surface area contributed by atoms with Gasteiger partial charge in [-0.1, -0.05) is 6.92 Å². The summed E-state index contributed by atoms with van der Waals surface area (Å²) in [5, 5.41) is 7.91. The standard InChI is InChI=1S/C17H31N5/c1-3-22-13-16(11-19-22)12-20-7-4-8-21(10-9-20)15-17(2)5-6-18-14-17/h11,13,18H,3-10,12,14-15H2,1-2H3. The largest absolute Gasteiger partial charge is 0.316 e. The first-order chi connectivity index (χ1) is 10.7. The van der Waals surface area contributed by atoms with Crippen LogP contribution in [0.4, 0.5) is 0 Å². The predicted octanol–water partition coefficient (Wildman–Crippen LogP) is 1.41. The Hall–Kier alpha value is -0.910. The summed E-state index contributed by atoms with van der Waals surface area (Å²) in [5.41, 5.74) is 1.83. The number of nitrogens with one attached hydrogen (secondary N) is 1. The SMILES string of the molecule is CCn1cc(CN2CCCN(CC3(C)CCNC3)CC2)cn1. The molecule has 2 aliphatic heterocycles. The minimum atomic E-state index is 0.484. The van der Waals surface area contributed by atoms with E-state index in [4.69, 9.17) is 0 Å². The van der Waals surface area contributed by atoms with Gasteiger partial charge in [0, 0.05) is 51.0 Å². The zero-order valence-electron chi connectivity index (χ0n) is 14.2. The van der Waals surface area contributed by atoms with Crippen molar-refractivity contribution in [2.45, 2.75) is 39.8 Å². The van der Waals surface area contributed by atoms with Gasteiger partial charge in [-0.05, 0) is 44.8 Å². The van der Waals surface area contributed by atoms with Crippen LogP contribution in [0.15, 0.2) is 12.4 Å². The van der Waals surface area contributed by atoms with Gasteiger partial charge in [-0.3, -0.25) is 9.58 Å². The summed E-state index contributed by atoms with van der Waals surface area (Å²) >= 11 is 0. The highest BCUT2D eigenvalue weighted by Gasteiger charge is 2.31. The Morgan fingerprint density at radius 3 is 2.77 bits per heavy atom. The van der Waals surface area contributed by atoms with E-state index in [1.54, 1.807) is 0 Å². The first-order valence-corrected chi connectivity index (χ1v) is 8.84. The highest BCUT2D eigenvalue weighted by atomic mass is 15.3. The molecule has 2 aliphatic rings. The molecule has 0 spiro atoms. The average molecular weight is 305 g/mol. The van der Waals surface area contributed by atoms with Gasteiger partial charge in [0.05, 0.1) is 6.20 Å². The van der Waals surface area contributed by atoms with Crippen molar-refractivity contribution >= 4 is 0 Å². The van der Waals surface area contributed by atoms with Crippen LogP contribution in [-0.2, 0) is 13.1 Å². The van der Waals surface area contributed by atoms with Gasteiger partial charge in [-0.25, -0.2) is 0 Å². The Balaban J connectivity index is 1.49. The van der Waals surface area contributed by atoms with Gasteiger partial charge < -0.3 is 10.2 Å². The maximum atomic E-state index is 4.39. The molecule has 0 aromatic carbocycles. The molecular formula is C17H31N5. The van der Waals surface area contributed by atoms with Gasteiger partial charge in [0.1, 0.15) is 0 Å². The Labute approximate surface area is 134 Å². The second-order valence-corrected chi connectivity index (χ2v) is 7.35. The van der Waals surface area contributed by atoms with Crippen LogP contribution in [0.2, 0.25) is 0 Å². The summed E-state index contributed by atoms with van der Waals surface area (Å²) in [6.45, 7) is 15.1. The molecule has 22 heavy (non-hydrogen) atoms. The van der Waals surface area contributed by atoms with Crippen molar-refractivity contribution in [3.63, 3.8) is 0 Å². The van der Waals surface area contributed by atoms with Crippen LogP contribution in [0, 0.1) is 5.41 Å². The van der Waals surface area contributed by atoms with E-state index in [1.807, 2.05) is 10.9 Å². The summed E-state index contributed by atoms with van der Waals surface area (Å²) in [4.78, 5) is 5.27. The zero-order valence-corrected chi connectivity index (χ0v) is 14.2. The zero-order chi connectivity index (χ0) is 15.4. The summed E-state index contributed by atoms with van der Waals surface area (Å²) in [6, 6.07) is 0. The number of hydrogen-bond donors (Lipinski definition) is 1. The Kier molecular flexibility index (Phi) is 5.16. The van der Waals surface area contributed by atoms with Gasteiger partial charge in [-0.2, -0.15) is 5.10 Å². The molecule has 2 saturated heterocycles. The summed E-state index contributed by atoms with van der Waals surface area (Å²) in [7, 11) is 0. The summed E-state index contributed by atoms with van der Waals surface area (Å²) in [6.07, 6.45) is 6.82. The molecule has 1 aromatic rings. The summed E-state index contributed by atoms with van der Waals surface area (Å²) in [5.74, 6) is 0. The van der Waals surface area contributed by atoms with Crippen molar-refractivity contribution in [1.82, 2.24) is 24.9 Å². The quantitative estimate of drug-likeness (QED) is 0.892. The van der Waals surface area contributed by atoms with Crippen molar-refractivity contribution in [3.8, 4) is 0 Å². The maximum Gasteiger partial charge on any atom is 0.0534 e. The fourth-order valence-corrected chi connectivity index (χ4v) is 3.80. The lowest BCUT2D eigenvalue weighted by atomic mass is 9.89. The lowest BCUT2D eigenvalue weighted by Crippen LogP contribution is -2.39. The monoisotopic (exact) mass is 305 g/mol. The second kappa shape index (κ2) is 7.11. The van der Waals surface area contributed by atoms with Crippen molar-refractivity contribution in [2.75, 3.05) is 45.8 Å². The van der Waals surface area contributed by atoms with E-state index in [9.17, 15) is 0 Å². The molecule has 124 valence electrons. The molecule has 1 N–H and O–H groups in total. The third-order valence-corrected chi connectivity index (χ3v) is 5.16. The van der Waals surface area contributed by atoms with Crippen LogP contribution in [0.25, 0.3) is 0 Å². The van der Waals surface area contributed by atoms with Crippen molar-refractivity contribution in [2.24, 2.45) is 5.41 Å². The van der Waals surface area contributed by atoms with Crippen molar-refractivity contribution < 1.29 is 0 Å². The van der Waals surface area contributed by atoms with Crippen molar-refractivity contribution in [3.05, 3.63) is 18.0 Å². The molecule has 0 amide bonds. The van der Waals surface area contributed by atoms with Crippen LogP contribution >= 0.6 is 0 Å². The van der Waals surface area contributed by atoms with Crippen LogP contribution in [0.1, 0.15) is 32.3 Å². The van der Waals surface area contributed by atoms with Gasteiger partial charge >= 0.3 is 0 Å². The van der Waals surface area contributed by atoms with E-state index in [2.05, 4.69) is 40.3 Å². The topological polar surface area (TPSA) is 36.3 Å². The predicted molar refractivity (Wildman–Crippen MR) is 89.8 cm³/mol. The van der Waals surface area contributed by atoms with E-state index in [-0.39, 0.29) is 0 Å². The third-order valence-electron chi connectivity index (χ3n) is 5.16. The smallest absolute Gasteiger partial charge is 0.0534 e. The molecule has 0 bridgehead atoms. The van der Waals surface area contributed by atoms with E-state index in [0.29, 0.717) is 5.41 Å². The van der Waals surface area contributed by atoms with E-state index in [1.165, 1.54) is 64.2 Å². The molecule has 1 atom stereocenters. The minimum absolute atomic E-state index is 0.484. The van der Waals surface area contributed by atoms with Crippen LogP contribution in [-0.4, -0.2) is 65.4 Å². The van der Waals surface area contributed by atoms with Gasteiger partial charge in [0.25, 0.3) is 0 Å². The lowest BCUT2D eigenvalue weighted by Gasteiger charge is -2.31. The van der Waals surface area contributed by atoms with Gasteiger partial charge in [0.15, 0.2) is 0 Å². The second-order valence-electron chi connectivity index (χ2n) is 7.35. The van der Waals surface area contributed by atoms with Gasteiger partial charge in [0.2, 0.25) is 0 Å². The summed E-state index contributed by atoms with van der Waals surface area (Å²) < 4.78 is 2.02. The Morgan fingerprint density at radius 2 is 2.05 bits per heavy atom. The third kappa shape index (κ3) is 4.09. The first-order valence-electron chi connectivity index (χ1n) is 8.84. The van der Waals surface area contributed by atoms with E-state index < -0.39 is 0 Å². The number of nitrogens with zero attached hydrogens (tertiary/aromatic N) is 4. The molecule has 0 radical (unpaired) electrons. The molecule has 0 aliphatic carbocycles. The number of hydrogen-bond acceptors (Lipinski definition) is 4. The molecular weight excluding hydrogens is 274 g/mol. The molecule has 1 unspecified atom stereocenters. The number of rotatable bonds is 5. The molecule has 2 fully saturated rings. The Morgan fingerprint density at radius 1 is 1.23 bits per heavy atom. The highest BCUT2D eigenvalue weighted by molar-refractivity contribution is 5.03. The van der Waals surface area contributed by atoms with Gasteiger partial charge in [-0.15, -0.1) is 0 Å². The molecule has 1 aromatic heterocycles. The first kappa shape index (κ1) is 16.0. The van der Waals surface area contributed by atoms with Crippen LogP contribution in [0.3, 0.4) is 0 Å². The molecule has 3 heterocycles. The van der Waals surface area contributed by atoms with E-state index in [0.717, 1.165) is 13.1 Å². The molecule has 5 nitrogen and oxygen atoms in total. The lowest BCUT2D eigenvalue weighted by molar-refractivity contribution is 0.178. The minimum Gasteiger partial charge on any atom is -0.316 e. The van der Waals surface area contributed by atoms with Crippen molar-refractivity contribution in [1.29, 1.82) is 0 Å². The fraction of sp³-hybridized carbons (Fsp3) is 0.824. The molecule has 5 heteroatoms. The fourth-order valence-electron chi connectivity index (χ4n) is 3.80. The molecule has 3 rings (SSSR count). The Bertz CT molecular complexity index is 463. The average Bonchev–Trinajstić information content (AvgIpc) is 3.07. The number of aryl methyl sites for hydroxylation is 1. The van der Waals surface area contributed by atoms with E-state index >= 15 is 0 Å². The maximum absolute atomic E-state index is 4.39. The van der Waals surface area contributed by atoms with Crippen LogP contribution in [0.5, 0.6) is 0 Å². The molecule has 0 saturated carbocycles. The van der Waals surface area contributed by atoms with Crippen LogP contribution < -0.4 is 5.32 Å².